The number of imide groups is 1. The highest BCUT2D eigenvalue weighted by molar-refractivity contribution is 6.06. The molecule has 43 heavy (non-hydrogen) atoms. The average molecular weight is 605 g/mol. The van der Waals surface area contributed by atoms with Gasteiger partial charge in [-0.2, -0.15) is 0 Å². The smallest absolute Gasteiger partial charge is 0.325 e. The summed E-state index contributed by atoms with van der Waals surface area (Å²) in [4.78, 5) is 41.6. The summed E-state index contributed by atoms with van der Waals surface area (Å²) < 4.78 is 43.4. The minimum Gasteiger partial charge on any atom is -0.494 e. The van der Waals surface area contributed by atoms with E-state index in [2.05, 4.69) is 5.32 Å². The van der Waals surface area contributed by atoms with Gasteiger partial charge in [-0.25, -0.2) is 13.6 Å². The zero-order chi connectivity index (χ0) is 31.2. The molecule has 2 aromatic carbocycles. The van der Waals surface area contributed by atoms with Crippen molar-refractivity contribution < 1.29 is 42.5 Å². The Labute approximate surface area is 249 Å². The first kappa shape index (κ1) is 32.1. The van der Waals surface area contributed by atoms with Crippen molar-refractivity contribution in [1.82, 2.24) is 20.0 Å². The molecule has 0 aromatic heterocycles. The predicted molar refractivity (Wildman–Crippen MR) is 151 cm³/mol. The fraction of sp³-hybridized carbons (Fsp3) is 0.500. The maximum Gasteiger partial charge on any atom is 0.325 e. The van der Waals surface area contributed by atoms with E-state index in [-0.39, 0.29) is 50.4 Å². The van der Waals surface area contributed by atoms with Gasteiger partial charge in [-0.3, -0.25) is 19.4 Å². The number of carbonyl (C=O) groups is 3. The van der Waals surface area contributed by atoms with Gasteiger partial charge in [-0.15, -0.1) is 0 Å². The molecule has 2 saturated heterocycles. The van der Waals surface area contributed by atoms with E-state index < -0.39 is 28.8 Å². The van der Waals surface area contributed by atoms with Crippen molar-refractivity contribution in [2.24, 2.45) is 0 Å². The standard InChI is InChI=1S/C30H38F2N4O7/c1-29(2)27(38)36(28(39)33-29)11-4-14-42-22-7-5-21(6-8-22)16-34-12-13-35(26(37)17-41-3)19-30(40,18-34)20-43-23-9-10-24(31)25(32)15-23/h5-10,15,40H,4,11-14,16-20H2,1-3H3,(H,33,39)/t30-/m0/s1. The number of β-amino-alcohol motifs (C(OH)–C–C–N with tert-alkyl or cyclic N) is 1. The molecule has 2 fully saturated rings. The van der Waals surface area contributed by atoms with Crippen LogP contribution >= 0.6 is 0 Å². The van der Waals surface area contributed by atoms with E-state index >= 15 is 0 Å². The van der Waals surface area contributed by atoms with Gasteiger partial charge in [-0.05, 0) is 50.1 Å². The molecule has 2 aliphatic rings. The summed E-state index contributed by atoms with van der Waals surface area (Å²) in [6.45, 7) is 4.94. The van der Waals surface area contributed by atoms with E-state index in [1.807, 2.05) is 29.2 Å². The number of amides is 4. The molecule has 0 aliphatic carbocycles. The first-order valence-electron chi connectivity index (χ1n) is 14.0. The molecule has 0 saturated carbocycles. The zero-order valence-electron chi connectivity index (χ0n) is 24.6. The van der Waals surface area contributed by atoms with Crippen LogP contribution in [0.4, 0.5) is 13.6 Å². The topological polar surface area (TPSA) is 121 Å². The van der Waals surface area contributed by atoms with Crippen molar-refractivity contribution in [1.29, 1.82) is 0 Å². The molecule has 2 aromatic rings. The predicted octanol–water partition coefficient (Wildman–Crippen LogP) is 2.16. The van der Waals surface area contributed by atoms with Gasteiger partial charge >= 0.3 is 6.03 Å². The highest BCUT2D eigenvalue weighted by atomic mass is 19.2. The molecule has 0 unspecified atom stereocenters. The molecule has 11 nitrogen and oxygen atoms in total. The first-order valence-corrected chi connectivity index (χ1v) is 14.0. The van der Waals surface area contributed by atoms with E-state index in [9.17, 15) is 28.3 Å². The second kappa shape index (κ2) is 13.7. The van der Waals surface area contributed by atoms with Crippen molar-refractivity contribution in [3.8, 4) is 11.5 Å². The van der Waals surface area contributed by atoms with Crippen LogP contribution in [0.1, 0.15) is 25.8 Å². The number of rotatable bonds is 12. The average Bonchev–Trinajstić information content (AvgIpc) is 3.06. The lowest BCUT2D eigenvalue weighted by Gasteiger charge is -2.33. The fourth-order valence-corrected chi connectivity index (χ4v) is 5.06. The summed E-state index contributed by atoms with van der Waals surface area (Å²) in [5.41, 5.74) is -1.46. The molecule has 234 valence electrons. The largest absolute Gasteiger partial charge is 0.494 e. The second-order valence-corrected chi connectivity index (χ2v) is 11.4. The minimum absolute atomic E-state index is 0.0235. The number of hydrogen-bond acceptors (Lipinski definition) is 8. The summed E-state index contributed by atoms with van der Waals surface area (Å²) in [6.07, 6.45) is 0.480. The molecule has 0 radical (unpaired) electrons. The van der Waals surface area contributed by atoms with Crippen LogP contribution in [-0.2, 0) is 20.9 Å². The third-order valence-electron chi connectivity index (χ3n) is 7.28. The Kier molecular flexibility index (Phi) is 10.2. The number of urea groups is 1. The molecule has 1 atom stereocenters. The molecule has 0 spiro atoms. The van der Waals surface area contributed by atoms with E-state index in [4.69, 9.17) is 14.2 Å². The lowest BCUT2D eigenvalue weighted by atomic mass is 10.0. The normalized spacial score (nSPS) is 20.6. The third kappa shape index (κ3) is 8.39. The van der Waals surface area contributed by atoms with Gasteiger partial charge in [-0.1, -0.05) is 12.1 Å². The number of methoxy groups -OCH3 is 1. The summed E-state index contributed by atoms with van der Waals surface area (Å²) in [7, 11) is 1.42. The van der Waals surface area contributed by atoms with E-state index in [0.29, 0.717) is 38.4 Å². The van der Waals surface area contributed by atoms with Gasteiger partial charge in [0.2, 0.25) is 5.91 Å². The van der Waals surface area contributed by atoms with Crippen molar-refractivity contribution in [2.45, 2.75) is 38.0 Å². The third-order valence-corrected chi connectivity index (χ3v) is 7.28. The van der Waals surface area contributed by atoms with E-state index in [1.165, 1.54) is 23.0 Å². The van der Waals surface area contributed by atoms with Crippen molar-refractivity contribution >= 4 is 17.8 Å². The van der Waals surface area contributed by atoms with Crippen molar-refractivity contribution in [3.05, 3.63) is 59.7 Å². The van der Waals surface area contributed by atoms with Crippen LogP contribution in [0.3, 0.4) is 0 Å². The Hall–Kier alpha value is -3.81. The molecule has 2 N–H and O–H groups in total. The number of benzene rings is 2. The van der Waals surface area contributed by atoms with Crippen LogP contribution in [0.2, 0.25) is 0 Å². The van der Waals surface area contributed by atoms with Crippen LogP contribution < -0.4 is 14.8 Å². The summed E-state index contributed by atoms with van der Waals surface area (Å²) >= 11 is 0. The number of carbonyl (C=O) groups excluding carboxylic acids is 3. The number of aliphatic hydroxyl groups is 1. The molecule has 2 heterocycles. The lowest BCUT2D eigenvalue weighted by Crippen LogP contribution is -2.52. The van der Waals surface area contributed by atoms with Gasteiger partial charge in [0.1, 0.15) is 35.9 Å². The van der Waals surface area contributed by atoms with Crippen LogP contribution in [0.25, 0.3) is 0 Å². The Bertz CT molecular complexity index is 1310. The Balaban J connectivity index is 1.33. The lowest BCUT2D eigenvalue weighted by molar-refractivity contribution is -0.138. The summed E-state index contributed by atoms with van der Waals surface area (Å²) in [5.74, 6) is -1.91. The van der Waals surface area contributed by atoms with Gasteiger partial charge in [0.15, 0.2) is 11.6 Å². The quantitative estimate of drug-likeness (QED) is 0.280. The summed E-state index contributed by atoms with van der Waals surface area (Å²) in [5, 5.41) is 14.2. The van der Waals surface area contributed by atoms with Gasteiger partial charge in [0, 0.05) is 45.9 Å². The highest BCUT2D eigenvalue weighted by Gasteiger charge is 2.43. The monoisotopic (exact) mass is 604 g/mol. The van der Waals surface area contributed by atoms with Crippen LogP contribution in [0.5, 0.6) is 11.5 Å². The molecule has 13 heteroatoms. The fourth-order valence-electron chi connectivity index (χ4n) is 5.06. The summed E-state index contributed by atoms with van der Waals surface area (Å²) in [6, 6.07) is 10.2. The maximum atomic E-state index is 13.7. The molecule has 4 amide bonds. The van der Waals surface area contributed by atoms with Gasteiger partial charge < -0.3 is 29.5 Å². The molecular formula is C30H38F2N4O7. The Morgan fingerprint density at radius 3 is 2.37 bits per heavy atom. The highest BCUT2D eigenvalue weighted by Crippen LogP contribution is 2.22. The number of ether oxygens (including phenoxy) is 3. The maximum absolute atomic E-state index is 13.7. The van der Waals surface area contributed by atoms with Gasteiger partial charge in [0.25, 0.3) is 5.91 Å². The zero-order valence-corrected chi connectivity index (χ0v) is 24.6. The Morgan fingerprint density at radius 2 is 1.72 bits per heavy atom. The first-order chi connectivity index (χ1) is 20.4. The van der Waals surface area contributed by atoms with Crippen molar-refractivity contribution in [3.63, 3.8) is 0 Å². The number of nitrogens with zero attached hydrogens (tertiary/aromatic N) is 3. The van der Waals surface area contributed by atoms with Crippen LogP contribution in [0, 0.1) is 11.6 Å². The molecule has 0 bridgehead atoms. The molecule has 4 rings (SSSR count). The molecular weight excluding hydrogens is 566 g/mol. The Morgan fingerprint density at radius 1 is 1.00 bits per heavy atom. The number of halogens is 2. The van der Waals surface area contributed by atoms with E-state index in [1.54, 1.807) is 13.8 Å². The number of nitrogens with one attached hydrogen (secondary N) is 1. The van der Waals surface area contributed by atoms with Crippen LogP contribution in [0.15, 0.2) is 42.5 Å². The van der Waals surface area contributed by atoms with E-state index in [0.717, 1.165) is 17.7 Å². The van der Waals surface area contributed by atoms with Crippen LogP contribution in [-0.4, -0.2) is 108 Å². The number of hydrogen-bond donors (Lipinski definition) is 2. The van der Waals surface area contributed by atoms with Gasteiger partial charge in [0.05, 0.1) is 13.2 Å². The van der Waals surface area contributed by atoms with Crippen molar-refractivity contribution in [2.75, 3.05) is 59.7 Å². The SMILES string of the molecule is COCC(=O)N1CCN(Cc2ccc(OCCCN3C(=O)NC(C)(C)C3=O)cc2)C[C@@](O)(COc2ccc(F)c(F)c2)C1. The minimum atomic E-state index is -1.50. The second-order valence-electron chi connectivity index (χ2n) is 11.4. The molecule has 2 aliphatic heterocycles.